The molecule has 1 N–H and O–H groups in total. The van der Waals surface area contributed by atoms with E-state index in [4.69, 9.17) is 5.11 Å². The summed E-state index contributed by atoms with van der Waals surface area (Å²) in [6, 6.07) is 0. The van der Waals surface area contributed by atoms with E-state index in [1.165, 1.54) is 16.2 Å². The lowest BCUT2D eigenvalue weighted by molar-refractivity contribution is 0.153. The summed E-state index contributed by atoms with van der Waals surface area (Å²) in [7, 11) is 0. The van der Waals surface area contributed by atoms with Crippen LogP contribution < -0.4 is 4.90 Å². The van der Waals surface area contributed by atoms with Gasteiger partial charge in [-0.1, -0.05) is 11.3 Å². The SMILES string of the molecule is O=C(O)N1CC2CN(c3nnc(Br)s3)CC2C1. The summed E-state index contributed by atoms with van der Waals surface area (Å²) in [5.41, 5.74) is 0. The maximum absolute atomic E-state index is 10.9. The van der Waals surface area contributed by atoms with Crippen LogP contribution in [0.2, 0.25) is 0 Å². The lowest BCUT2D eigenvalue weighted by Gasteiger charge is -2.18. The molecule has 2 aliphatic rings. The number of aromatic nitrogens is 2. The molecule has 0 spiro atoms. The van der Waals surface area contributed by atoms with Crippen molar-refractivity contribution in [3.8, 4) is 0 Å². The number of carbonyl (C=O) groups is 1. The summed E-state index contributed by atoms with van der Waals surface area (Å²) in [5.74, 6) is 0.877. The average Bonchev–Trinajstić information content (AvgIpc) is 2.88. The van der Waals surface area contributed by atoms with Gasteiger partial charge in [0.1, 0.15) is 0 Å². The highest BCUT2D eigenvalue weighted by molar-refractivity contribution is 9.11. The van der Waals surface area contributed by atoms with Crippen LogP contribution in [0.4, 0.5) is 9.93 Å². The van der Waals surface area contributed by atoms with Crippen LogP contribution in [0.5, 0.6) is 0 Å². The van der Waals surface area contributed by atoms with Gasteiger partial charge in [-0.3, -0.25) is 0 Å². The molecule has 2 fully saturated rings. The normalized spacial score (nSPS) is 27.6. The van der Waals surface area contributed by atoms with Gasteiger partial charge in [0.2, 0.25) is 5.13 Å². The molecule has 2 aliphatic heterocycles. The number of hydrogen-bond acceptors (Lipinski definition) is 5. The van der Waals surface area contributed by atoms with E-state index in [2.05, 4.69) is 31.0 Å². The van der Waals surface area contributed by atoms with Crippen LogP contribution >= 0.6 is 27.3 Å². The summed E-state index contributed by atoms with van der Waals surface area (Å²) in [6.45, 7) is 3.07. The third kappa shape index (κ3) is 1.99. The number of fused-ring (bicyclic) bond motifs is 1. The fourth-order valence-corrected chi connectivity index (χ4v) is 3.74. The molecule has 0 radical (unpaired) electrons. The van der Waals surface area contributed by atoms with Crippen LogP contribution in [-0.2, 0) is 0 Å². The van der Waals surface area contributed by atoms with Gasteiger partial charge in [-0.15, -0.1) is 10.2 Å². The third-order valence-electron chi connectivity index (χ3n) is 3.42. The zero-order chi connectivity index (χ0) is 12.0. The minimum atomic E-state index is -0.801. The highest BCUT2D eigenvalue weighted by Gasteiger charge is 2.42. The number of nitrogens with zero attached hydrogens (tertiary/aromatic N) is 4. The van der Waals surface area contributed by atoms with Crippen LogP contribution in [0, 0.1) is 11.8 Å². The Kier molecular flexibility index (Phi) is 2.70. The molecule has 3 heterocycles. The summed E-state index contributed by atoms with van der Waals surface area (Å²) in [5, 5.41) is 17.9. The number of anilines is 1. The van der Waals surface area contributed by atoms with Crippen molar-refractivity contribution in [2.75, 3.05) is 31.1 Å². The summed E-state index contributed by atoms with van der Waals surface area (Å²) in [6.07, 6.45) is -0.801. The predicted molar refractivity (Wildman–Crippen MR) is 66.4 cm³/mol. The Labute approximate surface area is 110 Å². The number of amides is 1. The van der Waals surface area contributed by atoms with Gasteiger partial charge in [-0.25, -0.2) is 4.79 Å². The van der Waals surface area contributed by atoms with Crippen molar-refractivity contribution in [3.63, 3.8) is 0 Å². The van der Waals surface area contributed by atoms with E-state index in [1.54, 1.807) is 0 Å². The molecule has 8 heteroatoms. The van der Waals surface area contributed by atoms with Crippen LogP contribution in [0.3, 0.4) is 0 Å². The maximum Gasteiger partial charge on any atom is 0.407 e. The van der Waals surface area contributed by atoms with Crippen molar-refractivity contribution < 1.29 is 9.90 Å². The molecule has 92 valence electrons. The molecule has 0 aromatic carbocycles. The van der Waals surface area contributed by atoms with Crippen LogP contribution in [0.1, 0.15) is 0 Å². The Morgan fingerprint density at radius 3 is 2.41 bits per heavy atom. The van der Waals surface area contributed by atoms with Crippen molar-refractivity contribution >= 4 is 38.5 Å². The molecule has 0 aliphatic carbocycles. The summed E-state index contributed by atoms with van der Waals surface area (Å²) in [4.78, 5) is 14.6. The van der Waals surface area contributed by atoms with Gasteiger partial charge >= 0.3 is 6.09 Å². The minimum absolute atomic E-state index is 0.439. The molecule has 0 bridgehead atoms. The molecule has 0 saturated carbocycles. The van der Waals surface area contributed by atoms with Crippen molar-refractivity contribution in [2.24, 2.45) is 11.8 Å². The van der Waals surface area contributed by atoms with Crippen LogP contribution in [0.25, 0.3) is 0 Å². The second-order valence-corrected chi connectivity index (χ2v) is 6.68. The van der Waals surface area contributed by atoms with E-state index < -0.39 is 6.09 Å². The largest absolute Gasteiger partial charge is 0.465 e. The van der Waals surface area contributed by atoms with E-state index in [9.17, 15) is 4.79 Å². The lowest BCUT2D eigenvalue weighted by atomic mass is 10.0. The number of rotatable bonds is 1. The fraction of sp³-hybridized carbons (Fsp3) is 0.667. The van der Waals surface area contributed by atoms with Crippen LogP contribution in [0.15, 0.2) is 3.92 Å². The predicted octanol–water partition coefficient (Wildman–Crippen LogP) is 1.35. The molecule has 2 saturated heterocycles. The quantitative estimate of drug-likeness (QED) is 0.846. The van der Waals surface area contributed by atoms with E-state index in [1.807, 2.05) is 0 Å². The highest BCUT2D eigenvalue weighted by Crippen LogP contribution is 2.35. The van der Waals surface area contributed by atoms with E-state index >= 15 is 0 Å². The molecule has 2 atom stereocenters. The first-order valence-corrected chi connectivity index (χ1v) is 6.96. The maximum atomic E-state index is 10.9. The number of halogens is 1. The first-order valence-electron chi connectivity index (χ1n) is 5.35. The minimum Gasteiger partial charge on any atom is -0.465 e. The van der Waals surface area contributed by atoms with Gasteiger partial charge in [-0.05, 0) is 15.9 Å². The lowest BCUT2D eigenvalue weighted by Crippen LogP contribution is -2.32. The molecular weight excluding hydrogens is 308 g/mol. The van der Waals surface area contributed by atoms with E-state index in [0.717, 1.165) is 22.1 Å². The van der Waals surface area contributed by atoms with Crippen molar-refractivity contribution in [3.05, 3.63) is 3.92 Å². The van der Waals surface area contributed by atoms with Crippen molar-refractivity contribution in [1.82, 2.24) is 15.1 Å². The molecular formula is C9H11BrN4O2S. The summed E-state index contributed by atoms with van der Waals surface area (Å²) >= 11 is 4.82. The first-order chi connectivity index (χ1) is 8.13. The molecule has 2 unspecified atom stereocenters. The Hall–Kier alpha value is -0.890. The Morgan fingerprint density at radius 1 is 1.29 bits per heavy atom. The number of carboxylic acid groups (broad SMARTS) is 1. The molecule has 6 nitrogen and oxygen atoms in total. The number of likely N-dealkylation sites (tertiary alicyclic amines) is 1. The molecule has 1 aromatic rings. The molecule has 1 amide bonds. The monoisotopic (exact) mass is 318 g/mol. The zero-order valence-electron chi connectivity index (χ0n) is 8.91. The Balaban J connectivity index is 1.68. The first kappa shape index (κ1) is 11.2. The van der Waals surface area contributed by atoms with E-state index in [0.29, 0.717) is 24.9 Å². The zero-order valence-corrected chi connectivity index (χ0v) is 11.3. The molecule has 3 rings (SSSR count). The topological polar surface area (TPSA) is 69.6 Å². The standard InChI is InChI=1S/C9H11BrN4O2S/c10-7-11-12-8(17-7)13-1-5-3-14(9(15)16)4-6(5)2-13/h5-6H,1-4H2,(H,15,16). The van der Waals surface area contributed by atoms with Gasteiger partial charge in [-0.2, -0.15) is 0 Å². The van der Waals surface area contributed by atoms with Gasteiger partial charge in [0, 0.05) is 38.0 Å². The van der Waals surface area contributed by atoms with Crippen molar-refractivity contribution in [1.29, 1.82) is 0 Å². The van der Waals surface area contributed by atoms with Gasteiger partial charge < -0.3 is 14.9 Å². The molecule has 17 heavy (non-hydrogen) atoms. The average molecular weight is 319 g/mol. The van der Waals surface area contributed by atoms with Gasteiger partial charge in [0.05, 0.1) is 0 Å². The van der Waals surface area contributed by atoms with Gasteiger partial charge in [0.25, 0.3) is 0 Å². The third-order valence-corrected chi connectivity index (χ3v) is 4.83. The molecule has 1 aromatic heterocycles. The smallest absolute Gasteiger partial charge is 0.407 e. The van der Waals surface area contributed by atoms with E-state index in [-0.39, 0.29) is 0 Å². The van der Waals surface area contributed by atoms with Gasteiger partial charge in [0.15, 0.2) is 3.92 Å². The summed E-state index contributed by atoms with van der Waals surface area (Å²) < 4.78 is 0.789. The van der Waals surface area contributed by atoms with Crippen LogP contribution in [-0.4, -0.2) is 52.5 Å². The Morgan fingerprint density at radius 2 is 1.94 bits per heavy atom. The highest BCUT2D eigenvalue weighted by atomic mass is 79.9. The fourth-order valence-electron chi connectivity index (χ4n) is 2.63. The number of hydrogen-bond donors (Lipinski definition) is 1. The second-order valence-electron chi connectivity index (χ2n) is 4.45. The Bertz CT molecular complexity index is 440. The second kappa shape index (κ2) is 4.09. The van der Waals surface area contributed by atoms with Crippen molar-refractivity contribution in [2.45, 2.75) is 0 Å².